The summed E-state index contributed by atoms with van der Waals surface area (Å²) in [5, 5.41) is 0. The number of piperidine rings is 1. The van der Waals surface area contributed by atoms with Gasteiger partial charge in [-0.15, -0.1) is 0 Å². The normalized spacial score (nSPS) is 25.5. The van der Waals surface area contributed by atoms with Crippen LogP contribution in [0.1, 0.15) is 37.0 Å². The zero-order valence-corrected chi connectivity index (χ0v) is 10.0. The zero-order valence-electron chi connectivity index (χ0n) is 10.0. The number of hydrogen-bond donors (Lipinski definition) is 0. The number of carbonyl (C=O) groups is 1. The lowest BCUT2D eigenvalue weighted by atomic mass is 9.93. The molecule has 1 amide bonds. The van der Waals surface area contributed by atoms with Crippen LogP contribution in [-0.4, -0.2) is 23.4 Å². The maximum absolute atomic E-state index is 12.2. The van der Waals surface area contributed by atoms with E-state index in [9.17, 15) is 4.79 Å². The zero-order chi connectivity index (χ0) is 11.5. The van der Waals surface area contributed by atoms with Crippen LogP contribution >= 0.6 is 0 Å². The van der Waals surface area contributed by atoms with E-state index >= 15 is 0 Å². The molecule has 0 radical (unpaired) electrons. The van der Waals surface area contributed by atoms with Gasteiger partial charge in [0.2, 0.25) is 0 Å². The highest BCUT2D eigenvalue weighted by molar-refractivity contribution is 5.94. The molecule has 0 N–H and O–H groups in total. The second kappa shape index (κ2) is 4.69. The molecule has 2 unspecified atom stereocenters. The first-order chi connectivity index (χ1) is 7.68. The Balaban J connectivity index is 2.11. The lowest BCUT2D eigenvalue weighted by molar-refractivity contribution is 0.0588. The number of likely N-dealkylation sites (tertiary alicyclic amines) is 1. The Morgan fingerprint density at radius 3 is 2.56 bits per heavy atom. The molecule has 1 aliphatic heterocycles. The minimum absolute atomic E-state index is 0.181. The molecule has 2 heteroatoms. The van der Waals surface area contributed by atoms with Gasteiger partial charge < -0.3 is 4.90 Å². The van der Waals surface area contributed by atoms with Crippen molar-refractivity contribution >= 4 is 5.91 Å². The smallest absolute Gasteiger partial charge is 0.254 e. The fraction of sp³-hybridized carbons (Fsp3) is 0.500. The Morgan fingerprint density at radius 1 is 1.25 bits per heavy atom. The maximum Gasteiger partial charge on any atom is 0.254 e. The van der Waals surface area contributed by atoms with Crippen LogP contribution in [0.25, 0.3) is 0 Å². The van der Waals surface area contributed by atoms with Crippen LogP contribution in [0.3, 0.4) is 0 Å². The molecule has 1 aliphatic rings. The summed E-state index contributed by atoms with van der Waals surface area (Å²) in [6, 6.07) is 9.95. The fourth-order valence-corrected chi connectivity index (χ4v) is 2.46. The molecule has 2 atom stereocenters. The standard InChI is InChI=1S/C14H19NO/c1-11-8-9-15(12(2)10-11)14(16)13-6-4-3-5-7-13/h3-7,11-12H,8-10H2,1-2H3. The van der Waals surface area contributed by atoms with E-state index in [0.717, 1.165) is 30.9 Å². The molecular weight excluding hydrogens is 198 g/mol. The SMILES string of the molecule is CC1CCN(C(=O)c2ccccc2)C(C)C1. The van der Waals surface area contributed by atoms with Crippen molar-refractivity contribution in [2.75, 3.05) is 6.54 Å². The van der Waals surface area contributed by atoms with E-state index in [0.29, 0.717) is 6.04 Å². The van der Waals surface area contributed by atoms with Gasteiger partial charge in [-0.25, -0.2) is 0 Å². The van der Waals surface area contributed by atoms with Crippen LogP contribution in [0, 0.1) is 5.92 Å². The van der Waals surface area contributed by atoms with Crippen molar-refractivity contribution in [2.45, 2.75) is 32.7 Å². The van der Waals surface area contributed by atoms with E-state index in [1.807, 2.05) is 35.2 Å². The number of benzene rings is 1. The molecule has 1 heterocycles. The average Bonchev–Trinajstić information content (AvgIpc) is 2.29. The number of hydrogen-bond acceptors (Lipinski definition) is 1. The Labute approximate surface area is 97.3 Å². The predicted molar refractivity (Wildman–Crippen MR) is 65.3 cm³/mol. The molecule has 1 saturated heterocycles. The van der Waals surface area contributed by atoms with E-state index in [2.05, 4.69) is 13.8 Å². The van der Waals surface area contributed by atoms with Gasteiger partial charge >= 0.3 is 0 Å². The molecule has 1 aromatic rings. The Bertz CT molecular complexity index is 360. The van der Waals surface area contributed by atoms with Crippen molar-refractivity contribution in [3.05, 3.63) is 35.9 Å². The quantitative estimate of drug-likeness (QED) is 0.708. The van der Waals surface area contributed by atoms with Crippen LogP contribution in [0.4, 0.5) is 0 Å². The van der Waals surface area contributed by atoms with Crippen molar-refractivity contribution in [3.8, 4) is 0 Å². The van der Waals surface area contributed by atoms with Gasteiger partial charge in [0.25, 0.3) is 5.91 Å². The van der Waals surface area contributed by atoms with E-state index in [1.165, 1.54) is 0 Å². The summed E-state index contributed by atoms with van der Waals surface area (Å²) >= 11 is 0. The van der Waals surface area contributed by atoms with Crippen molar-refractivity contribution in [2.24, 2.45) is 5.92 Å². The van der Waals surface area contributed by atoms with Gasteiger partial charge in [0, 0.05) is 18.2 Å². The fourth-order valence-electron chi connectivity index (χ4n) is 2.46. The molecule has 16 heavy (non-hydrogen) atoms. The van der Waals surface area contributed by atoms with Crippen molar-refractivity contribution in [3.63, 3.8) is 0 Å². The van der Waals surface area contributed by atoms with Gasteiger partial charge in [-0.3, -0.25) is 4.79 Å². The molecule has 0 aromatic heterocycles. The van der Waals surface area contributed by atoms with Crippen molar-refractivity contribution < 1.29 is 4.79 Å². The van der Waals surface area contributed by atoms with Crippen molar-refractivity contribution in [1.29, 1.82) is 0 Å². The van der Waals surface area contributed by atoms with Crippen LogP contribution < -0.4 is 0 Å². The predicted octanol–water partition coefficient (Wildman–Crippen LogP) is 2.95. The van der Waals surface area contributed by atoms with Crippen LogP contribution in [0.5, 0.6) is 0 Å². The summed E-state index contributed by atoms with van der Waals surface area (Å²) < 4.78 is 0. The Morgan fingerprint density at radius 2 is 1.94 bits per heavy atom. The first-order valence-corrected chi connectivity index (χ1v) is 6.04. The van der Waals surface area contributed by atoms with Crippen LogP contribution in [-0.2, 0) is 0 Å². The third kappa shape index (κ3) is 2.26. The third-order valence-corrected chi connectivity index (χ3v) is 3.42. The molecule has 0 aliphatic carbocycles. The lowest BCUT2D eigenvalue weighted by Crippen LogP contribution is -2.44. The topological polar surface area (TPSA) is 20.3 Å². The van der Waals surface area contributed by atoms with E-state index in [4.69, 9.17) is 0 Å². The summed E-state index contributed by atoms with van der Waals surface area (Å²) in [4.78, 5) is 14.3. The Kier molecular flexibility index (Phi) is 3.28. The second-order valence-corrected chi connectivity index (χ2v) is 4.84. The molecule has 2 nitrogen and oxygen atoms in total. The second-order valence-electron chi connectivity index (χ2n) is 4.84. The minimum Gasteiger partial charge on any atom is -0.336 e. The molecule has 1 aromatic carbocycles. The Hall–Kier alpha value is -1.31. The summed E-state index contributed by atoms with van der Waals surface area (Å²) in [6.07, 6.45) is 2.25. The first-order valence-electron chi connectivity index (χ1n) is 6.04. The summed E-state index contributed by atoms with van der Waals surface area (Å²) in [6.45, 7) is 5.31. The highest BCUT2D eigenvalue weighted by Gasteiger charge is 2.27. The highest BCUT2D eigenvalue weighted by Crippen LogP contribution is 2.23. The minimum atomic E-state index is 0.181. The number of carbonyl (C=O) groups excluding carboxylic acids is 1. The molecule has 2 rings (SSSR count). The van der Waals surface area contributed by atoms with E-state index < -0.39 is 0 Å². The van der Waals surface area contributed by atoms with Gasteiger partial charge in [0.05, 0.1) is 0 Å². The monoisotopic (exact) mass is 217 g/mol. The van der Waals surface area contributed by atoms with Crippen LogP contribution in [0.2, 0.25) is 0 Å². The average molecular weight is 217 g/mol. The van der Waals surface area contributed by atoms with Gasteiger partial charge in [-0.1, -0.05) is 25.1 Å². The van der Waals surface area contributed by atoms with E-state index in [-0.39, 0.29) is 5.91 Å². The summed E-state index contributed by atoms with van der Waals surface area (Å²) in [7, 11) is 0. The summed E-state index contributed by atoms with van der Waals surface area (Å²) in [5.41, 5.74) is 0.809. The molecule has 1 fully saturated rings. The molecule has 0 saturated carbocycles. The molecule has 0 bridgehead atoms. The lowest BCUT2D eigenvalue weighted by Gasteiger charge is -2.36. The number of nitrogens with zero attached hydrogens (tertiary/aromatic N) is 1. The van der Waals surface area contributed by atoms with Crippen LogP contribution in [0.15, 0.2) is 30.3 Å². The third-order valence-electron chi connectivity index (χ3n) is 3.42. The molecule has 0 spiro atoms. The van der Waals surface area contributed by atoms with Gasteiger partial charge in [0.1, 0.15) is 0 Å². The first kappa shape index (κ1) is 11.2. The molecular formula is C14H19NO. The van der Waals surface area contributed by atoms with E-state index in [1.54, 1.807) is 0 Å². The van der Waals surface area contributed by atoms with Gasteiger partial charge in [-0.2, -0.15) is 0 Å². The van der Waals surface area contributed by atoms with Gasteiger partial charge in [0.15, 0.2) is 0 Å². The molecule has 86 valence electrons. The number of rotatable bonds is 1. The highest BCUT2D eigenvalue weighted by atomic mass is 16.2. The summed E-state index contributed by atoms with van der Waals surface area (Å²) in [5.74, 6) is 0.926. The van der Waals surface area contributed by atoms with Crippen molar-refractivity contribution in [1.82, 2.24) is 4.90 Å². The van der Waals surface area contributed by atoms with Gasteiger partial charge in [-0.05, 0) is 37.8 Å². The largest absolute Gasteiger partial charge is 0.336 e. The maximum atomic E-state index is 12.2. The number of amides is 1.